The Morgan fingerprint density at radius 1 is 0.450 bits per heavy atom. The molecule has 0 spiro atoms. The molecule has 0 heterocycles. The van der Waals surface area contributed by atoms with Crippen molar-refractivity contribution < 1.29 is 76.3 Å². The second kappa shape index (κ2) is 20.7. The first-order chi connectivity index (χ1) is 18.9. The Labute approximate surface area is 229 Å². The fourth-order valence-electron chi connectivity index (χ4n) is 2.43. The maximum Gasteiger partial charge on any atom is 0.317 e. The van der Waals surface area contributed by atoms with E-state index in [1.165, 1.54) is 0 Å². The van der Waals surface area contributed by atoms with Crippen LogP contribution in [0.3, 0.4) is 0 Å². The summed E-state index contributed by atoms with van der Waals surface area (Å²) in [5, 5.41) is 0. The summed E-state index contributed by atoms with van der Waals surface area (Å²) >= 11 is 0. The van der Waals surface area contributed by atoms with E-state index in [-0.39, 0.29) is 26.1 Å². The van der Waals surface area contributed by atoms with Gasteiger partial charge in [-0.1, -0.05) is 13.8 Å². The third-order valence-electron chi connectivity index (χ3n) is 4.59. The molecule has 0 bridgehead atoms. The van der Waals surface area contributed by atoms with Crippen molar-refractivity contribution in [1.29, 1.82) is 0 Å². The zero-order chi connectivity index (χ0) is 30.5. The molecular weight excluding hydrogens is 544 g/mol. The SMILES string of the molecule is CCC(COC(=O)CC(=O)OC)OC(=O)CC(=O)OCCOC(=O)CC(=O)OC(CC)COC(=O)CC(=O)OC. The molecule has 0 aromatic carbocycles. The van der Waals surface area contributed by atoms with Gasteiger partial charge in [-0.05, 0) is 12.8 Å². The molecule has 0 rings (SSSR count). The maximum absolute atomic E-state index is 11.9. The molecule has 16 heteroatoms. The summed E-state index contributed by atoms with van der Waals surface area (Å²) < 4.78 is 37.8. The van der Waals surface area contributed by atoms with Gasteiger partial charge in [0.25, 0.3) is 0 Å². The van der Waals surface area contributed by atoms with Gasteiger partial charge in [0.05, 0.1) is 14.2 Å². The molecule has 0 saturated heterocycles. The van der Waals surface area contributed by atoms with Crippen LogP contribution in [0.5, 0.6) is 0 Å². The molecule has 0 fully saturated rings. The fraction of sp³-hybridized carbons (Fsp3) is 0.667. The lowest BCUT2D eigenvalue weighted by atomic mass is 10.3. The number of ether oxygens (including phenoxy) is 8. The number of carbonyl (C=O) groups excluding carboxylic acids is 8. The highest BCUT2D eigenvalue weighted by Crippen LogP contribution is 2.05. The maximum atomic E-state index is 11.9. The van der Waals surface area contributed by atoms with Gasteiger partial charge in [0.1, 0.15) is 64.3 Å². The normalized spacial score (nSPS) is 11.6. The number of esters is 8. The van der Waals surface area contributed by atoms with Crippen LogP contribution in [-0.4, -0.2) is 101 Å². The number of rotatable bonds is 19. The molecule has 0 aromatic rings. The lowest BCUT2D eigenvalue weighted by molar-refractivity contribution is -0.168. The van der Waals surface area contributed by atoms with Gasteiger partial charge in [-0.2, -0.15) is 0 Å². The summed E-state index contributed by atoms with van der Waals surface area (Å²) in [6.07, 6.45) is -3.95. The molecule has 226 valence electrons. The van der Waals surface area contributed by atoms with Gasteiger partial charge >= 0.3 is 47.8 Å². The summed E-state index contributed by atoms with van der Waals surface area (Å²) in [5.74, 6) is -7.19. The van der Waals surface area contributed by atoms with Crippen LogP contribution in [0.1, 0.15) is 52.4 Å². The van der Waals surface area contributed by atoms with Crippen molar-refractivity contribution in [1.82, 2.24) is 0 Å². The summed E-state index contributed by atoms with van der Waals surface area (Å²) in [4.78, 5) is 92.3. The molecule has 0 aliphatic heterocycles. The molecule has 0 N–H and O–H groups in total. The molecule has 0 aromatic heterocycles. The first kappa shape index (κ1) is 35.8. The van der Waals surface area contributed by atoms with Gasteiger partial charge in [-0.25, -0.2) is 0 Å². The third kappa shape index (κ3) is 18.1. The van der Waals surface area contributed by atoms with E-state index in [0.717, 1.165) is 14.2 Å². The first-order valence-corrected chi connectivity index (χ1v) is 12.1. The highest BCUT2D eigenvalue weighted by Gasteiger charge is 2.21. The van der Waals surface area contributed by atoms with Crippen LogP contribution in [-0.2, 0) is 76.3 Å². The van der Waals surface area contributed by atoms with Gasteiger partial charge < -0.3 is 37.9 Å². The molecule has 16 nitrogen and oxygen atoms in total. The molecule has 2 unspecified atom stereocenters. The van der Waals surface area contributed by atoms with E-state index in [1.54, 1.807) is 13.8 Å². The van der Waals surface area contributed by atoms with Crippen LogP contribution < -0.4 is 0 Å². The highest BCUT2D eigenvalue weighted by molar-refractivity contribution is 5.93. The van der Waals surface area contributed by atoms with Gasteiger partial charge in [0.15, 0.2) is 0 Å². The number of hydrogen-bond acceptors (Lipinski definition) is 16. The Morgan fingerprint density at radius 2 is 0.750 bits per heavy atom. The molecule has 0 saturated carbocycles. The van der Waals surface area contributed by atoms with Gasteiger partial charge in [-0.15, -0.1) is 0 Å². The minimum atomic E-state index is -0.981. The topological polar surface area (TPSA) is 210 Å². The summed E-state index contributed by atoms with van der Waals surface area (Å²) in [6.45, 7) is 1.79. The molecule has 0 radical (unpaired) electrons. The van der Waals surface area contributed by atoms with Gasteiger partial charge in [0, 0.05) is 0 Å². The van der Waals surface area contributed by atoms with E-state index in [9.17, 15) is 38.4 Å². The first-order valence-electron chi connectivity index (χ1n) is 12.1. The molecule has 0 aliphatic rings. The molecule has 0 amide bonds. The van der Waals surface area contributed by atoms with Gasteiger partial charge in [0.2, 0.25) is 0 Å². The quantitative estimate of drug-likeness (QED) is 0.0834. The third-order valence-corrected chi connectivity index (χ3v) is 4.59. The molecule has 2 atom stereocenters. The van der Waals surface area contributed by atoms with E-state index in [1.807, 2.05) is 0 Å². The van der Waals surface area contributed by atoms with Crippen molar-refractivity contribution in [3.8, 4) is 0 Å². The number of methoxy groups -OCH3 is 2. The van der Waals surface area contributed by atoms with Crippen LogP contribution >= 0.6 is 0 Å². The van der Waals surface area contributed by atoms with Crippen molar-refractivity contribution in [3.63, 3.8) is 0 Å². The van der Waals surface area contributed by atoms with Crippen molar-refractivity contribution in [2.75, 3.05) is 40.6 Å². The monoisotopic (exact) mass is 578 g/mol. The van der Waals surface area contributed by atoms with Crippen molar-refractivity contribution in [3.05, 3.63) is 0 Å². The Kier molecular flexibility index (Phi) is 18.5. The predicted octanol–water partition coefficient (Wildman–Crippen LogP) is -0.291. The van der Waals surface area contributed by atoms with Crippen LogP contribution in [0.4, 0.5) is 0 Å². The molecular formula is C24H34O16. The molecule has 40 heavy (non-hydrogen) atoms. The zero-order valence-corrected chi connectivity index (χ0v) is 22.8. The Hall–Kier alpha value is -4.24. The van der Waals surface area contributed by atoms with E-state index < -0.39 is 98.9 Å². The van der Waals surface area contributed by atoms with Crippen molar-refractivity contribution in [2.45, 2.75) is 64.6 Å². The minimum Gasteiger partial charge on any atom is -0.469 e. The van der Waals surface area contributed by atoms with Crippen LogP contribution in [0.15, 0.2) is 0 Å². The minimum absolute atomic E-state index is 0.254. The Morgan fingerprint density at radius 3 is 1.05 bits per heavy atom. The standard InChI is InChI=1S/C24H34O16/c1-5-15(13-37-21(29)9-17(25)33-3)39-23(31)11-19(27)35-7-8-36-20(28)12-24(32)40-16(6-2)14-38-22(30)10-18(26)34-4/h15-16H,5-14H2,1-4H3. The Balaban J connectivity index is 4.20. The summed E-state index contributed by atoms with van der Waals surface area (Å²) in [6, 6.07) is 0. The van der Waals surface area contributed by atoms with E-state index in [4.69, 9.17) is 28.4 Å². The van der Waals surface area contributed by atoms with Gasteiger partial charge in [-0.3, -0.25) is 38.4 Å². The summed E-state index contributed by atoms with van der Waals surface area (Å²) in [5.41, 5.74) is 0. The zero-order valence-electron chi connectivity index (χ0n) is 22.8. The molecule has 0 aliphatic carbocycles. The predicted molar refractivity (Wildman–Crippen MR) is 127 cm³/mol. The smallest absolute Gasteiger partial charge is 0.317 e. The average Bonchev–Trinajstić information content (AvgIpc) is 2.90. The van der Waals surface area contributed by atoms with E-state index in [2.05, 4.69) is 9.47 Å². The second-order valence-electron chi connectivity index (χ2n) is 7.71. The van der Waals surface area contributed by atoms with Crippen LogP contribution in [0.2, 0.25) is 0 Å². The van der Waals surface area contributed by atoms with Crippen LogP contribution in [0.25, 0.3) is 0 Å². The Bertz CT molecular complexity index is 823. The summed E-state index contributed by atoms with van der Waals surface area (Å²) in [7, 11) is 2.22. The van der Waals surface area contributed by atoms with Crippen molar-refractivity contribution >= 4 is 47.8 Å². The van der Waals surface area contributed by atoms with Crippen molar-refractivity contribution in [2.24, 2.45) is 0 Å². The van der Waals surface area contributed by atoms with E-state index >= 15 is 0 Å². The lowest BCUT2D eigenvalue weighted by Crippen LogP contribution is -2.27. The highest BCUT2D eigenvalue weighted by atomic mass is 16.6. The number of carbonyl (C=O) groups is 8. The lowest BCUT2D eigenvalue weighted by Gasteiger charge is -2.16. The van der Waals surface area contributed by atoms with Crippen LogP contribution in [0, 0.1) is 0 Å². The largest absolute Gasteiger partial charge is 0.469 e. The average molecular weight is 579 g/mol. The van der Waals surface area contributed by atoms with E-state index in [0.29, 0.717) is 0 Å². The second-order valence-corrected chi connectivity index (χ2v) is 7.71. The fourth-order valence-corrected chi connectivity index (χ4v) is 2.43. The number of hydrogen-bond donors (Lipinski definition) is 0.